The van der Waals surface area contributed by atoms with E-state index in [-0.39, 0.29) is 0 Å². The van der Waals surface area contributed by atoms with Crippen LogP contribution in [0.3, 0.4) is 0 Å². The molecule has 68 valence electrons. The fourth-order valence-electron chi connectivity index (χ4n) is 0.833. The topological polar surface area (TPSA) is 34.4 Å². The number of rotatable bonds is 5. The molecule has 0 saturated carbocycles. The first-order valence-corrected chi connectivity index (χ1v) is 4.14. The average Bonchev–Trinajstić information content (AvgIpc) is 2.45. The average molecular weight is 190 g/mol. The lowest BCUT2D eigenvalue weighted by Crippen LogP contribution is -2.18. The highest BCUT2D eigenvalue weighted by atomic mass is 35.5. The molecule has 0 amide bonds. The lowest BCUT2D eigenvalue weighted by Gasteiger charge is -2.00. The van der Waals surface area contributed by atoms with Gasteiger partial charge in [0, 0.05) is 13.7 Å². The minimum absolute atomic E-state index is 0.429. The van der Waals surface area contributed by atoms with Gasteiger partial charge in [0.05, 0.1) is 13.2 Å². The maximum Gasteiger partial charge on any atom is 0.193 e. The van der Waals surface area contributed by atoms with Crippen molar-refractivity contribution in [3.8, 4) is 0 Å². The number of halogens is 1. The molecule has 1 aromatic rings. The summed E-state index contributed by atoms with van der Waals surface area (Å²) in [6, 6.07) is 3.58. The Labute approximate surface area is 76.7 Å². The molecule has 0 saturated heterocycles. The van der Waals surface area contributed by atoms with Gasteiger partial charge in [0.25, 0.3) is 0 Å². The van der Waals surface area contributed by atoms with Gasteiger partial charge in [-0.3, -0.25) is 0 Å². The van der Waals surface area contributed by atoms with Gasteiger partial charge in [-0.2, -0.15) is 0 Å². The Kier molecular flexibility index (Phi) is 4.14. The van der Waals surface area contributed by atoms with Gasteiger partial charge >= 0.3 is 0 Å². The lowest BCUT2D eigenvalue weighted by atomic mass is 10.4. The van der Waals surface area contributed by atoms with Crippen LogP contribution in [0.25, 0.3) is 0 Å². The predicted octanol–water partition coefficient (Wildman–Crippen LogP) is 1.67. The number of furan rings is 1. The molecule has 1 N–H and O–H groups in total. The number of hydrogen-bond donors (Lipinski definition) is 1. The minimum Gasteiger partial charge on any atom is -0.448 e. The van der Waals surface area contributed by atoms with Crippen molar-refractivity contribution < 1.29 is 9.15 Å². The summed E-state index contributed by atoms with van der Waals surface area (Å²) in [5, 5.41) is 3.57. The minimum atomic E-state index is 0.429. The monoisotopic (exact) mass is 189 g/mol. The van der Waals surface area contributed by atoms with Crippen molar-refractivity contribution in [3.05, 3.63) is 23.1 Å². The van der Waals surface area contributed by atoms with E-state index in [0.717, 1.165) is 12.3 Å². The van der Waals surface area contributed by atoms with Crippen LogP contribution in [-0.4, -0.2) is 20.3 Å². The van der Waals surface area contributed by atoms with Crippen LogP contribution in [0.5, 0.6) is 0 Å². The zero-order valence-electron chi connectivity index (χ0n) is 6.97. The van der Waals surface area contributed by atoms with Crippen LogP contribution in [0.4, 0.5) is 0 Å². The van der Waals surface area contributed by atoms with Crippen LogP contribution in [0.2, 0.25) is 5.22 Å². The standard InChI is InChI=1S/C8H12ClNO2/c1-11-5-4-10-6-7-2-3-8(9)12-7/h2-3,10H,4-6H2,1H3. The molecule has 12 heavy (non-hydrogen) atoms. The predicted molar refractivity (Wildman–Crippen MR) is 47.3 cm³/mol. The van der Waals surface area contributed by atoms with Gasteiger partial charge in [0.2, 0.25) is 0 Å². The second-order valence-corrected chi connectivity index (χ2v) is 2.75. The van der Waals surface area contributed by atoms with Gasteiger partial charge in [0.15, 0.2) is 5.22 Å². The van der Waals surface area contributed by atoms with E-state index in [2.05, 4.69) is 5.32 Å². The van der Waals surface area contributed by atoms with Crippen molar-refractivity contribution >= 4 is 11.6 Å². The molecule has 1 aromatic heterocycles. The Morgan fingerprint density at radius 3 is 3.00 bits per heavy atom. The van der Waals surface area contributed by atoms with Gasteiger partial charge in [-0.1, -0.05) is 0 Å². The van der Waals surface area contributed by atoms with Crippen molar-refractivity contribution in [2.75, 3.05) is 20.3 Å². The first-order chi connectivity index (χ1) is 5.83. The van der Waals surface area contributed by atoms with Gasteiger partial charge in [-0.05, 0) is 23.7 Å². The van der Waals surface area contributed by atoms with Crippen molar-refractivity contribution in [2.24, 2.45) is 0 Å². The molecule has 0 aliphatic rings. The third kappa shape index (κ3) is 3.26. The first kappa shape index (κ1) is 9.58. The highest BCUT2D eigenvalue weighted by Gasteiger charge is 1.97. The summed E-state index contributed by atoms with van der Waals surface area (Å²) in [6.45, 7) is 2.21. The molecule has 0 fully saturated rings. The van der Waals surface area contributed by atoms with Gasteiger partial charge < -0.3 is 14.5 Å². The summed E-state index contributed by atoms with van der Waals surface area (Å²) in [7, 11) is 1.67. The Balaban J connectivity index is 2.15. The maximum atomic E-state index is 5.58. The number of methoxy groups -OCH3 is 1. The van der Waals surface area contributed by atoms with Crippen LogP contribution >= 0.6 is 11.6 Å². The maximum absolute atomic E-state index is 5.58. The molecule has 0 bridgehead atoms. The number of nitrogens with one attached hydrogen (secondary N) is 1. The Morgan fingerprint density at radius 1 is 1.58 bits per heavy atom. The van der Waals surface area contributed by atoms with Crippen LogP contribution in [0.1, 0.15) is 5.76 Å². The Morgan fingerprint density at radius 2 is 2.42 bits per heavy atom. The van der Waals surface area contributed by atoms with Crippen molar-refractivity contribution in [1.82, 2.24) is 5.32 Å². The molecule has 1 rings (SSSR count). The second-order valence-electron chi connectivity index (χ2n) is 2.38. The molecule has 0 unspecified atom stereocenters. The van der Waals surface area contributed by atoms with E-state index < -0.39 is 0 Å². The quantitative estimate of drug-likeness (QED) is 0.716. The molecule has 3 nitrogen and oxygen atoms in total. The molecule has 0 aromatic carbocycles. The van der Waals surface area contributed by atoms with E-state index in [1.165, 1.54) is 0 Å². The molecule has 0 radical (unpaired) electrons. The summed E-state index contributed by atoms with van der Waals surface area (Å²) in [4.78, 5) is 0. The second kappa shape index (κ2) is 5.19. The third-order valence-electron chi connectivity index (χ3n) is 1.41. The molecule has 4 heteroatoms. The fraction of sp³-hybridized carbons (Fsp3) is 0.500. The zero-order valence-corrected chi connectivity index (χ0v) is 7.73. The summed E-state index contributed by atoms with van der Waals surface area (Å²) >= 11 is 5.58. The molecule has 0 aliphatic heterocycles. The smallest absolute Gasteiger partial charge is 0.193 e. The first-order valence-electron chi connectivity index (χ1n) is 3.77. The SMILES string of the molecule is COCCNCc1ccc(Cl)o1. The van der Waals surface area contributed by atoms with Crippen molar-refractivity contribution in [1.29, 1.82) is 0 Å². The van der Waals surface area contributed by atoms with Crippen molar-refractivity contribution in [3.63, 3.8) is 0 Å². The van der Waals surface area contributed by atoms with Gasteiger partial charge in [-0.15, -0.1) is 0 Å². The van der Waals surface area contributed by atoms with Crippen LogP contribution in [0, 0.1) is 0 Å². The summed E-state index contributed by atoms with van der Waals surface area (Å²) in [5.74, 6) is 0.844. The highest BCUT2D eigenvalue weighted by Crippen LogP contribution is 2.12. The molecular weight excluding hydrogens is 178 g/mol. The largest absolute Gasteiger partial charge is 0.448 e. The Bertz CT molecular complexity index is 225. The summed E-state index contributed by atoms with van der Waals surface area (Å²) in [6.07, 6.45) is 0. The third-order valence-corrected chi connectivity index (χ3v) is 1.61. The number of hydrogen-bond acceptors (Lipinski definition) is 3. The molecule has 0 spiro atoms. The summed E-state index contributed by atoms with van der Waals surface area (Å²) < 4.78 is 9.99. The molecule has 0 aliphatic carbocycles. The normalized spacial score (nSPS) is 10.5. The summed E-state index contributed by atoms with van der Waals surface area (Å²) in [5.41, 5.74) is 0. The van der Waals surface area contributed by atoms with E-state index in [0.29, 0.717) is 18.4 Å². The van der Waals surface area contributed by atoms with Gasteiger partial charge in [0.1, 0.15) is 5.76 Å². The Hall–Kier alpha value is -0.510. The fourth-order valence-corrected chi connectivity index (χ4v) is 0.995. The zero-order chi connectivity index (χ0) is 8.81. The van der Waals surface area contributed by atoms with Crippen LogP contribution in [0.15, 0.2) is 16.5 Å². The molecule has 1 heterocycles. The van der Waals surface area contributed by atoms with E-state index in [1.54, 1.807) is 13.2 Å². The van der Waals surface area contributed by atoms with E-state index in [4.69, 9.17) is 20.8 Å². The van der Waals surface area contributed by atoms with E-state index in [9.17, 15) is 0 Å². The van der Waals surface area contributed by atoms with E-state index >= 15 is 0 Å². The van der Waals surface area contributed by atoms with Gasteiger partial charge in [-0.25, -0.2) is 0 Å². The molecular formula is C8H12ClNO2. The van der Waals surface area contributed by atoms with Crippen LogP contribution < -0.4 is 5.32 Å². The number of ether oxygens (including phenoxy) is 1. The van der Waals surface area contributed by atoms with E-state index in [1.807, 2.05) is 6.07 Å². The van der Waals surface area contributed by atoms with Crippen LogP contribution in [-0.2, 0) is 11.3 Å². The molecule has 0 atom stereocenters. The highest BCUT2D eigenvalue weighted by molar-refractivity contribution is 6.28. The lowest BCUT2D eigenvalue weighted by molar-refractivity contribution is 0.198. The van der Waals surface area contributed by atoms with Crippen molar-refractivity contribution in [2.45, 2.75) is 6.54 Å².